The quantitative estimate of drug-likeness (QED) is 0.699. The van der Waals surface area contributed by atoms with Crippen LogP contribution in [-0.2, 0) is 4.74 Å². The number of nitrogens with zero attached hydrogens (tertiary/aromatic N) is 3. The molecule has 0 N–H and O–H groups in total. The van der Waals surface area contributed by atoms with Crippen LogP contribution in [-0.4, -0.2) is 62.3 Å². The van der Waals surface area contributed by atoms with E-state index in [9.17, 15) is 14.0 Å². The minimum absolute atomic E-state index is 0.136. The molecule has 0 aromatic heterocycles. The molecule has 33 heavy (non-hydrogen) atoms. The maximum absolute atomic E-state index is 13.7. The lowest BCUT2D eigenvalue weighted by Gasteiger charge is -2.29. The molecule has 2 aromatic rings. The van der Waals surface area contributed by atoms with E-state index in [4.69, 9.17) is 9.47 Å². The maximum atomic E-state index is 13.7. The minimum atomic E-state index is -0.795. The van der Waals surface area contributed by atoms with Crippen molar-refractivity contribution in [1.29, 1.82) is 0 Å². The second kappa shape index (κ2) is 8.57. The van der Waals surface area contributed by atoms with Gasteiger partial charge in [0.1, 0.15) is 11.6 Å². The largest absolute Gasteiger partial charge is 0.496 e. The molecule has 3 aliphatic rings. The van der Waals surface area contributed by atoms with Crippen LogP contribution in [0, 0.1) is 5.82 Å². The Labute approximate surface area is 192 Å². The van der Waals surface area contributed by atoms with Crippen molar-refractivity contribution < 1.29 is 23.5 Å². The zero-order valence-corrected chi connectivity index (χ0v) is 18.8. The lowest BCUT2D eigenvalue weighted by atomic mass is 10.0. The normalized spacial score (nSPS) is 22.7. The maximum Gasteiger partial charge on any atom is 0.415 e. The van der Waals surface area contributed by atoms with Gasteiger partial charge in [0.25, 0.3) is 5.91 Å². The van der Waals surface area contributed by atoms with Crippen LogP contribution in [0.5, 0.6) is 5.75 Å². The Morgan fingerprint density at radius 1 is 1.03 bits per heavy atom. The summed E-state index contributed by atoms with van der Waals surface area (Å²) in [7, 11) is 1.56. The first-order valence-electron chi connectivity index (χ1n) is 11.5. The average Bonchev–Trinajstić information content (AvgIpc) is 3.41. The molecule has 7 nitrogen and oxygen atoms in total. The van der Waals surface area contributed by atoms with Crippen LogP contribution in [0.1, 0.15) is 36.0 Å². The molecule has 1 spiro atoms. The van der Waals surface area contributed by atoms with Crippen LogP contribution in [0.4, 0.5) is 20.6 Å². The van der Waals surface area contributed by atoms with Gasteiger partial charge in [0.15, 0.2) is 5.60 Å². The van der Waals surface area contributed by atoms with Crippen molar-refractivity contribution in [2.75, 3.05) is 49.6 Å². The third kappa shape index (κ3) is 4.10. The highest BCUT2D eigenvalue weighted by atomic mass is 19.1. The van der Waals surface area contributed by atoms with Gasteiger partial charge in [0.05, 0.1) is 31.5 Å². The molecule has 2 aromatic carbocycles. The molecule has 3 aliphatic heterocycles. The number of piperidine rings is 1. The van der Waals surface area contributed by atoms with Gasteiger partial charge in [-0.15, -0.1) is 0 Å². The van der Waals surface area contributed by atoms with Crippen LogP contribution in [0.25, 0.3) is 0 Å². The summed E-state index contributed by atoms with van der Waals surface area (Å²) in [6.07, 6.45) is 3.55. The Bertz CT molecular complexity index is 1070. The van der Waals surface area contributed by atoms with Crippen molar-refractivity contribution in [3.63, 3.8) is 0 Å². The number of hydrogen-bond acceptors (Lipinski definition) is 5. The summed E-state index contributed by atoms with van der Waals surface area (Å²) in [5.74, 6) is -0.0143. The predicted octanol–water partition coefficient (Wildman–Crippen LogP) is 4.07. The molecule has 3 fully saturated rings. The fraction of sp³-hybridized carbons (Fsp3) is 0.440. The number of ether oxygens (including phenoxy) is 2. The molecule has 3 saturated heterocycles. The molecule has 3 heterocycles. The first-order valence-corrected chi connectivity index (χ1v) is 11.5. The molecular formula is C25H28FN3O4. The Hall–Kier alpha value is -3.29. The van der Waals surface area contributed by atoms with Crippen LogP contribution < -0.4 is 14.5 Å². The predicted molar refractivity (Wildman–Crippen MR) is 123 cm³/mol. The van der Waals surface area contributed by atoms with E-state index in [-0.39, 0.29) is 12.5 Å². The van der Waals surface area contributed by atoms with E-state index in [1.165, 1.54) is 23.5 Å². The molecule has 2 amide bonds. The van der Waals surface area contributed by atoms with E-state index in [1.807, 2.05) is 18.2 Å². The highest BCUT2D eigenvalue weighted by molar-refractivity contribution is 5.98. The van der Waals surface area contributed by atoms with E-state index in [0.29, 0.717) is 36.5 Å². The van der Waals surface area contributed by atoms with E-state index in [1.54, 1.807) is 24.1 Å². The monoisotopic (exact) mass is 453 g/mol. The fourth-order valence-corrected chi connectivity index (χ4v) is 5.08. The molecular weight excluding hydrogens is 425 g/mol. The molecule has 1 unspecified atom stereocenters. The summed E-state index contributed by atoms with van der Waals surface area (Å²) in [6, 6.07) is 11.7. The van der Waals surface area contributed by atoms with Gasteiger partial charge < -0.3 is 19.3 Å². The number of anilines is 2. The Morgan fingerprint density at radius 2 is 1.85 bits per heavy atom. The highest BCUT2D eigenvalue weighted by Crippen LogP contribution is 2.37. The summed E-state index contributed by atoms with van der Waals surface area (Å²) >= 11 is 0. The second-order valence-electron chi connectivity index (χ2n) is 9.03. The molecule has 0 radical (unpaired) electrons. The molecule has 0 aliphatic carbocycles. The fourth-order valence-electron chi connectivity index (χ4n) is 5.08. The van der Waals surface area contributed by atoms with E-state index >= 15 is 0 Å². The van der Waals surface area contributed by atoms with Crippen molar-refractivity contribution in [3.05, 3.63) is 53.8 Å². The van der Waals surface area contributed by atoms with Gasteiger partial charge in [-0.2, -0.15) is 0 Å². The summed E-state index contributed by atoms with van der Waals surface area (Å²) in [6.45, 7) is 3.02. The SMILES string of the molecule is COc1ccc(N2CCCCC2)cc1C(=O)N1CCC2(C1)CN(c1cccc(F)c1)C(=O)O2. The third-order valence-corrected chi connectivity index (χ3v) is 6.83. The number of carbonyl (C=O) groups excluding carboxylic acids is 2. The van der Waals surface area contributed by atoms with Crippen molar-refractivity contribution in [2.24, 2.45) is 0 Å². The van der Waals surface area contributed by atoms with Gasteiger partial charge in [-0.1, -0.05) is 6.07 Å². The molecule has 0 bridgehead atoms. The van der Waals surface area contributed by atoms with Crippen molar-refractivity contribution in [1.82, 2.24) is 4.90 Å². The summed E-state index contributed by atoms with van der Waals surface area (Å²) in [4.78, 5) is 31.5. The smallest absolute Gasteiger partial charge is 0.415 e. The van der Waals surface area contributed by atoms with E-state index < -0.39 is 17.5 Å². The van der Waals surface area contributed by atoms with Gasteiger partial charge in [0.2, 0.25) is 0 Å². The second-order valence-corrected chi connectivity index (χ2v) is 9.03. The van der Waals surface area contributed by atoms with Gasteiger partial charge in [-0.25, -0.2) is 9.18 Å². The van der Waals surface area contributed by atoms with Crippen molar-refractivity contribution in [2.45, 2.75) is 31.3 Å². The number of rotatable bonds is 4. The van der Waals surface area contributed by atoms with Gasteiger partial charge in [-0.05, 0) is 55.7 Å². The third-order valence-electron chi connectivity index (χ3n) is 6.83. The lowest BCUT2D eigenvalue weighted by Crippen LogP contribution is -2.39. The first-order chi connectivity index (χ1) is 16.0. The lowest BCUT2D eigenvalue weighted by molar-refractivity contribution is 0.0552. The number of hydrogen-bond donors (Lipinski definition) is 0. The van der Waals surface area contributed by atoms with Gasteiger partial charge in [0, 0.05) is 31.7 Å². The zero-order chi connectivity index (χ0) is 23.0. The number of likely N-dealkylation sites (tertiary alicyclic amines) is 1. The number of amides is 2. The topological polar surface area (TPSA) is 62.3 Å². The Morgan fingerprint density at radius 3 is 2.61 bits per heavy atom. The molecule has 1 atom stereocenters. The summed E-state index contributed by atoms with van der Waals surface area (Å²) in [5, 5.41) is 0. The number of methoxy groups -OCH3 is 1. The molecule has 8 heteroatoms. The number of benzene rings is 2. The highest BCUT2D eigenvalue weighted by Gasteiger charge is 2.51. The summed E-state index contributed by atoms with van der Waals surface area (Å²) in [5.41, 5.74) is 1.20. The molecule has 0 saturated carbocycles. The summed E-state index contributed by atoms with van der Waals surface area (Å²) < 4.78 is 24.9. The van der Waals surface area contributed by atoms with Crippen LogP contribution >= 0.6 is 0 Å². The van der Waals surface area contributed by atoms with E-state index in [2.05, 4.69) is 4.90 Å². The minimum Gasteiger partial charge on any atom is -0.496 e. The first kappa shape index (κ1) is 21.6. The van der Waals surface area contributed by atoms with Gasteiger partial charge in [-0.3, -0.25) is 9.69 Å². The average molecular weight is 454 g/mol. The van der Waals surface area contributed by atoms with Crippen LogP contribution in [0.2, 0.25) is 0 Å². The van der Waals surface area contributed by atoms with Crippen molar-refractivity contribution in [3.8, 4) is 5.75 Å². The zero-order valence-electron chi connectivity index (χ0n) is 18.8. The Kier molecular flexibility index (Phi) is 5.60. The standard InChI is InChI=1S/C25H28FN3O4/c1-32-22-9-8-19(27-11-3-2-4-12-27)15-21(22)23(30)28-13-10-25(16-28)17-29(24(31)33-25)20-7-5-6-18(26)14-20/h5-9,14-15H,2-4,10-13,16-17H2,1H3. The van der Waals surface area contributed by atoms with E-state index in [0.717, 1.165) is 31.6 Å². The number of halogens is 1. The van der Waals surface area contributed by atoms with Crippen molar-refractivity contribution >= 4 is 23.4 Å². The van der Waals surface area contributed by atoms with Gasteiger partial charge >= 0.3 is 6.09 Å². The van der Waals surface area contributed by atoms with Crippen LogP contribution in [0.3, 0.4) is 0 Å². The molecule has 5 rings (SSSR count). The van der Waals surface area contributed by atoms with Crippen LogP contribution in [0.15, 0.2) is 42.5 Å². The Balaban J connectivity index is 1.34. The molecule has 174 valence electrons. The number of carbonyl (C=O) groups is 2.